The van der Waals surface area contributed by atoms with Gasteiger partial charge in [-0.05, 0) is 44.0 Å². The monoisotopic (exact) mass is 356 g/mol. The molecule has 3 aromatic carbocycles. The molecule has 3 aromatic rings. The number of carbonyl (C=O) groups excluding carboxylic acids is 2. The van der Waals surface area contributed by atoms with E-state index in [9.17, 15) is 9.59 Å². The Hall–Kier alpha value is -3.40. The van der Waals surface area contributed by atoms with Crippen LogP contribution >= 0.6 is 0 Å². The third kappa shape index (κ3) is 2.61. The summed E-state index contributed by atoms with van der Waals surface area (Å²) in [7, 11) is 0. The molecule has 4 nitrogen and oxygen atoms in total. The predicted molar refractivity (Wildman–Crippen MR) is 108 cm³/mol. The number of ketones is 2. The van der Waals surface area contributed by atoms with Crippen LogP contribution in [0, 0.1) is 20.8 Å². The first-order chi connectivity index (χ1) is 12.9. The van der Waals surface area contributed by atoms with Crippen molar-refractivity contribution in [1.82, 2.24) is 0 Å². The second kappa shape index (κ2) is 6.09. The highest BCUT2D eigenvalue weighted by Crippen LogP contribution is 2.38. The van der Waals surface area contributed by atoms with Crippen LogP contribution < -0.4 is 11.1 Å². The summed E-state index contributed by atoms with van der Waals surface area (Å²) in [5.41, 5.74) is 12.6. The van der Waals surface area contributed by atoms with Crippen molar-refractivity contribution < 1.29 is 9.59 Å². The zero-order chi connectivity index (χ0) is 19.3. The van der Waals surface area contributed by atoms with Crippen LogP contribution in [0.1, 0.15) is 48.5 Å². The molecule has 3 N–H and O–H groups in total. The number of rotatable bonds is 2. The first kappa shape index (κ1) is 17.0. The van der Waals surface area contributed by atoms with E-state index in [1.807, 2.05) is 39.0 Å². The van der Waals surface area contributed by atoms with Crippen molar-refractivity contribution in [3.63, 3.8) is 0 Å². The summed E-state index contributed by atoms with van der Waals surface area (Å²) in [5.74, 6) is -0.385. The van der Waals surface area contributed by atoms with E-state index in [4.69, 9.17) is 5.73 Å². The van der Waals surface area contributed by atoms with Gasteiger partial charge in [-0.3, -0.25) is 9.59 Å². The maximum atomic E-state index is 13.2. The molecule has 0 saturated carbocycles. The van der Waals surface area contributed by atoms with Gasteiger partial charge in [0.1, 0.15) is 0 Å². The topological polar surface area (TPSA) is 72.2 Å². The van der Waals surface area contributed by atoms with Crippen molar-refractivity contribution >= 4 is 28.6 Å². The highest BCUT2D eigenvalue weighted by Gasteiger charge is 2.34. The standard InChI is InChI=1S/C23H20N2O2/c1-12-8-9-17(13(2)10-12)25-18-11-14(3)21(24)20-19(18)22(26)15-6-4-5-7-16(15)23(20)27/h4-11,25H,24H2,1-3H3. The molecule has 0 fully saturated rings. The molecule has 0 amide bonds. The lowest BCUT2D eigenvalue weighted by Gasteiger charge is -2.24. The fourth-order valence-electron chi connectivity index (χ4n) is 3.65. The molecular formula is C23H20N2O2. The van der Waals surface area contributed by atoms with Crippen LogP contribution in [0.3, 0.4) is 0 Å². The van der Waals surface area contributed by atoms with Crippen molar-refractivity contribution in [2.45, 2.75) is 20.8 Å². The molecule has 0 aliphatic heterocycles. The van der Waals surface area contributed by atoms with Crippen LogP contribution in [-0.2, 0) is 0 Å². The molecule has 0 aromatic heterocycles. The largest absolute Gasteiger partial charge is 0.398 e. The summed E-state index contributed by atoms with van der Waals surface area (Å²) in [4.78, 5) is 26.3. The summed E-state index contributed by atoms with van der Waals surface area (Å²) >= 11 is 0. The number of nitrogens with two attached hydrogens (primary N) is 1. The van der Waals surface area contributed by atoms with Gasteiger partial charge in [-0.15, -0.1) is 0 Å². The smallest absolute Gasteiger partial charge is 0.196 e. The molecule has 1 aliphatic carbocycles. The molecular weight excluding hydrogens is 336 g/mol. The van der Waals surface area contributed by atoms with E-state index in [1.165, 1.54) is 0 Å². The van der Waals surface area contributed by atoms with Gasteiger partial charge in [0.15, 0.2) is 11.6 Å². The van der Waals surface area contributed by atoms with Gasteiger partial charge in [0.05, 0.1) is 16.8 Å². The van der Waals surface area contributed by atoms with Crippen molar-refractivity contribution in [2.75, 3.05) is 11.1 Å². The third-order valence-corrected chi connectivity index (χ3v) is 5.10. The van der Waals surface area contributed by atoms with Gasteiger partial charge < -0.3 is 11.1 Å². The van der Waals surface area contributed by atoms with Crippen LogP contribution in [0.25, 0.3) is 0 Å². The summed E-state index contributed by atoms with van der Waals surface area (Å²) < 4.78 is 0. The maximum Gasteiger partial charge on any atom is 0.196 e. The van der Waals surface area contributed by atoms with E-state index < -0.39 is 0 Å². The molecule has 4 heteroatoms. The lowest BCUT2D eigenvalue weighted by Crippen LogP contribution is -2.24. The van der Waals surface area contributed by atoms with Gasteiger partial charge in [-0.1, -0.05) is 42.0 Å². The maximum absolute atomic E-state index is 13.2. The predicted octanol–water partition coefficient (Wildman–Crippen LogP) is 4.71. The molecule has 134 valence electrons. The quantitative estimate of drug-likeness (QED) is 0.510. The minimum absolute atomic E-state index is 0.181. The van der Waals surface area contributed by atoms with Crippen molar-refractivity contribution in [1.29, 1.82) is 0 Å². The zero-order valence-electron chi connectivity index (χ0n) is 15.5. The Labute approximate surface area is 158 Å². The molecule has 0 unspecified atom stereocenters. The molecule has 0 spiro atoms. The second-order valence-corrected chi connectivity index (χ2v) is 7.05. The van der Waals surface area contributed by atoms with Gasteiger partial charge >= 0.3 is 0 Å². The second-order valence-electron chi connectivity index (χ2n) is 7.05. The first-order valence-electron chi connectivity index (χ1n) is 8.84. The average Bonchev–Trinajstić information content (AvgIpc) is 2.64. The highest BCUT2D eigenvalue weighted by atomic mass is 16.1. The Kier molecular flexibility index (Phi) is 3.84. The molecule has 1 aliphatic rings. The normalized spacial score (nSPS) is 12.6. The molecule has 0 atom stereocenters. The number of hydrogen-bond acceptors (Lipinski definition) is 4. The van der Waals surface area contributed by atoms with E-state index in [0.717, 1.165) is 22.4 Å². The Balaban J connectivity index is 1.94. The SMILES string of the molecule is Cc1ccc(Nc2cc(C)c(N)c3c2C(=O)c2ccccc2C3=O)c(C)c1. The minimum atomic E-state index is -0.204. The van der Waals surface area contributed by atoms with Gasteiger partial charge in [-0.2, -0.15) is 0 Å². The number of nitrogen functional groups attached to an aromatic ring is 1. The molecule has 4 rings (SSSR count). The molecule has 0 bridgehead atoms. The van der Waals surface area contributed by atoms with E-state index in [0.29, 0.717) is 33.6 Å². The van der Waals surface area contributed by atoms with Gasteiger partial charge in [0, 0.05) is 22.5 Å². The minimum Gasteiger partial charge on any atom is -0.398 e. The van der Waals surface area contributed by atoms with Gasteiger partial charge in [0.25, 0.3) is 0 Å². The molecule has 27 heavy (non-hydrogen) atoms. The van der Waals surface area contributed by atoms with Crippen LogP contribution in [-0.4, -0.2) is 11.6 Å². The number of carbonyl (C=O) groups is 2. The van der Waals surface area contributed by atoms with Crippen LogP contribution in [0.4, 0.5) is 17.1 Å². The average molecular weight is 356 g/mol. The third-order valence-electron chi connectivity index (χ3n) is 5.10. The number of nitrogens with one attached hydrogen (secondary N) is 1. The van der Waals surface area contributed by atoms with E-state index in [1.54, 1.807) is 24.3 Å². The van der Waals surface area contributed by atoms with Crippen LogP contribution in [0.5, 0.6) is 0 Å². The zero-order valence-corrected chi connectivity index (χ0v) is 15.5. The highest BCUT2D eigenvalue weighted by molar-refractivity contribution is 6.32. The number of hydrogen-bond donors (Lipinski definition) is 2. The fraction of sp³-hybridized carbons (Fsp3) is 0.130. The molecule has 0 radical (unpaired) electrons. The lowest BCUT2D eigenvalue weighted by atomic mass is 9.81. The summed E-state index contributed by atoms with van der Waals surface area (Å²) in [5, 5.41) is 3.35. The van der Waals surface area contributed by atoms with E-state index >= 15 is 0 Å². The Morgan fingerprint density at radius 1 is 0.741 bits per heavy atom. The summed E-state index contributed by atoms with van der Waals surface area (Å²) in [6, 6.07) is 14.8. The number of fused-ring (bicyclic) bond motifs is 2. The van der Waals surface area contributed by atoms with E-state index in [2.05, 4.69) is 11.4 Å². The Morgan fingerprint density at radius 2 is 1.37 bits per heavy atom. The van der Waals surface area contributed by atoms with Crippen LogP contribution in [0.15, 0.2) is 48.5 Å². The molecule has 0 heterocycles. The van der Waals surface area contributed by atoms with Gasteiger partial charge in [-0.25, -0.2) is 0 Å². The first-order valence-corrected chi connectivity index (χ1v) is 8.84. The Morgan fingerprint density at radius 3 is 2.00 bits per heavy atom. The number of aryl methyl sites for hydroxylation is 3. The van der Waals surface area contributed by atoms with Crippen LogP contribution in [0.2, 0.25) is 0 Å². The number of benzene rings is 3. The van der Waals surface area contributed by atoms with Crippen molar-refractivity contribution in [3.05, 3.63) is 87.5 Å². The fourth-order valence-corrected chi connectivity index (χ4v) is 3.65. The van der Waals surface area contributed by atoms with Gasteiger partial charge in [0.2, 0.25) is 0 Å². The Bertz CT molecular complexity index is 1130. The molecule has 0 saturated heterocycles. The van der Waals surface area contributed by atoms with Crippen molar-refractivity contribution in [2.24, 2.45) is 0 Å². The summed E-state index contributed by atoms with van der Waals surface area (Å²) in [6.07, 6.45) is 0. The van der Waals surface area contributed by atoms with E-state index in [-0.39, 0.29) is 11.6 Å². The lowest BCUT2D eigenvalue weighted by molar-refractivity contribution is 0.0980. The summed E-state index contributed by atoms with van der Waals surface area (Å²) in [6.45, 7) is 5.89. The van der Waals surface area contributed by atoms with Crippen molar-refractivity contribution in [3.8, 4) is 0 Å². The number of anilines is 3.